The summed E-state index contributed by atoms with van der Waals surface area (Å²) in [5, 5.41) is 0. The lowest BCUT2D eigenvalue weighted by molar-refractivity contribution is 0.0135. The van der Waals surface area contributed by atoms with Crippen molar-refractivity contribution in [3.8, 4) is 0 Å². The summed E-state index contributed by atoms with van der Waals surface area (Å²) in [6.45, 7) is 11.4. The van der Waals surface area contributed by atoms with Crippen LogP contribution in [0.3, 0.4) is 0 Å². The highest BCUT2D eigenvalue weighted by atomic mass is 16.6. The molecule has 0 aliphatic rings. The van der Waals surface area contributed by atoms with E-state index in [-0.39, 0.29) is 5.97 Å². The quantitative estimate of drug-likeness (QED) is 0.583. The predicted molar refractivity (Wildman–Crippen MR) is 70.1 cm³/mol. The Morgan fingerprint density at radius 2 is 1.82 bits per heavy atom. The number of hydrogen-bond acceptors (Lipinski definition) is 2. The van der Waals surface area contributed by atoms with Gasteiger partial charge in [-0.3, -0.25) is 0 Å². The van der Waals surface area contributed by atoms with E-state index < -0.39 is 5.60 Å². The van der Waals surface area contributed by atoms with Gasteiger partial charge in [-0.15, -0.1) is 0 Å². The maximum absolute atomic E-state index is 11.9. The zero-order valence-corrected chi connectivity index (χ0v) is 11.0. The van der Waals surface area contributed by atoms with Crippen molar-refractivity contribution >= 4 is 5.97 Å². The van der Waals surface area contributed by atoms with Gasteiger partial charge in [-0.2, -0.15) is 0 Å². The molecule has 0 atom stereocenters. The van der Waals surface area contributed by atoms with E-state index in [9.17, 15) is 4.79 Å². The van der Waals surface area contributed by atoms with Gasteiger partial charge in [0, 0.05) is 0 Å². The molecule has 0 saturated carbocycles. The molecular formula is C15H20O2. The Morgan fingerprint density at radius 1 is 1.29 bits per heavy atom. The number of hydrogen-bond donors (Lipinski definition) is 0. The third kappa shape index (κ3) is 3.45. The van der Waals surface area contributed by atoms with Crippen LogP contribution < -0.4 is 0 Å². The zero-order valence-electron chi connectivity index (χ0n) is 11.0. The van der Waals surface area contributed by atoms with Gasteiger partial charge < -0.3 is 4.74 Å². The molecule has 0 spiro atoms. The van der Waals surface area contributed by atoms with Crippen molar-refractivity contribution in [3.63, 3.8) is 0 Å². The van der Waals surface area contributed by atoms with Crippen molar-refractivity contribution in [1.82, 2.24) is 0 Å². The molecule has 0 N–H and O–H groups in total. The number of carbonyl (C=O) groups excluding carboxylic acids is 1. The van der Waals surface area contributed by atoms with Crippen molar-refractivity contribution < 1.29 is 9.53 Å². The molecule has 1 aromatic rings. The van der Waals surface area contributed by atoms with Crippen molar-refractivity contribution in [2.24, 2.45) is 0 Å². The Balaban J connectivity index is 2.80. The summed E-state index contributed by atoms with van der Waals surface area (Å²) in [5.41, 5.74) is 1.99. The van der Waals surface area contributed by atoms with Gasteiger partial charge in [0.15, 0.2) is 0 Å². The lowest BCUT2D eigenvalue weighted by atomic mass is 10.0. The summed E-state index contributed by atoms with van der Waals surface area (Å²) in [5.74, 6) is -0.305. The summed E-state index contributed by atoms with van der Waals surface area (Å²) < 4.78 is 5.42. The smallest absolute Gasteiger partial charge is 0.338 e. The van der Waals surface area contributed by atoms with Crippen molar-refractivity contribution in [2.45, 2.75) is 39.7 Å². The lowest BCUT2D eigenvalue weighted by Crippen LogP contribution is -2.28. The first-order valence-electron chi connectivity index (χ1n) is 5.85. The molecule has 0 saturated heterocycles. The third-order valence-electron chi connectivity index (χ3n) is 2.97. The van der Waals surface area contributed by atoms with E-state index in [1.165, 1.54) is 5.56 Å². The number of esters is 1. The number of aryl methyl sites for hydroxylation is 1. The molecular weight excluding hydrogens is 212 g/mol. The molecule has 0 fully saturated rings. The van der Waals surface area contributed by atoms with Crippen LogP contribution in [0.15, 0.2) is 36.4 Å². The van der Waals surface area contributed by atoms with Crippen LogP contribution >= 0.6 is 0 Å². The molecule has 2 nitrogen and oxygen atoms in total. The number of benzene rings is 1. The maximum Gasteiger partial charge on any atom is 0.338 e. The highest BCUT2D eigenvalue weighted by molar-refractivity contribution is 5.89. The minimum absolute atomic E-state index is 0.305. The van der Waals surface area contributed by atoms with Crippen molar-refractivity contribution in [1.29, 1.82) is 0 Å². The summed E-state index contributed by atoms with van der Waals surface area (Å²) in [7, 11) is 0. The average Bonchev–Trinajstić information content (AvgIpc) is 2.28. The summed E-state index contributed by atoms with van der Waals surface area (Å²) in [6, 6.07) is 7.50. The first kappa shape index (κ1) is 13.5. The molecule has 1 aromatic carbocycles. The maximum atomic E-state index is 11.9. The minimum Gasteiger partial charge on any atom is -0.452 e. The van der Waals surface area contributed by atoms with E-state index in [1.54, 1.807) is 12.1 Å². The molecule has 17 heavy (non-hydrogen) atoms. The van der Waals surface area contributed by atoms with Gasteiger partial charge in [0.25, 0.3) is 0 Å². The third-order valence-corrected chi connectivity index (χ3v) is 2.97. The number of carbonyl (C=O) groups is 1. The highest BCUT2D eigenvalue weighted by Gasteiger charge is 2.24. The van der Waals surface area contributed by atoms with Gasteiger partial charge in [-0.1, -0.05) is 25.6 Å². The van der Waals surface area contributed by atoms with Crippen LogP contribution in [0.5, 0.6) is 0 Å². The molecule has 1 rings (SSSR count). The molecule has 0 unspecified atom stereocenters. The summed E-state index contributed by atoms with van der Waals surface area (Å²) in [4.78, 5) is 11.9. The fraction of sp³-hybridized carbons (Fsp3) is 0.400. The Labute approximate surface area is 103 Å². The van der Waals surface area contributed by atoms with Gasteiger partial charge in [0.2, 0.25) is 0 Å². The predicted octanol–water partition coefficient (Wildman–Crippen LogP) is 3.76. The van der Waals surface area contributed by atoms with Crippen LogP contribution in [-0.2, 0) is 11.2 Å². The topological polar surface area (TPSA) is 26.3 Å². The SMILES string of the molecule is C=C(C)C(C)(C)OC(=O)c1ccc(CC)cc1. The average molecular weight is 232 g/mol. The van der Waals surface area contributed by atoms with E-state index in [1.807, 2.05) is 32.9 Å². The van der Waals surface area contributed by atoms with Gasteiger partial charge in [0.1, 0.15) is 5.60 Å². The fourth-order valence-corrected chi connectivity index (χ4v) is 1.25. The molecule has 0 bridgehead atoms. The van der Waals surface area contributed by atoms with E-state index in [0.717, 1.165) is 12.0 Å². The standard InChI is InChI=1S/C15H20O2/c1-6-12-7-9-13(10-8-12)14(16)17-15(4,5)11(2)3/h7-10H,2,6H2,1,3-5H3. The molecule has 0 aliphatic carbocycles. The van der Waals surface area contributed by atoms with Crippen LogP contribution in [0.4, 0.5) is 0 Å². The van der Waals surface area contributed by atoms with Crippen LogP contribution in [0.25, 0.3) is 0 Å². The number of ether oxygens (including phenoxy) is 1. The van der Waals surface area contributed by atoms with Gasteiger partial charge in [-0.05, 0) is 50.5 Å². The molecule has 0 aromatic heterocycles. The summed E-state index contributed by atoms with van der Waals surface area (Å²) in [6.07, 6.45) is 0.965. The Morgan fingerprint density at radius 3 is 2.24 bits per heavy atom. The molecule has 0 aliphatic heterocycles. The van der Waals surface area contributed by atoms with E-state index in [4.69, 9.17) is 4.74 Å². The monoisotopic (exact) mass is 232 g/mol. The van der Waals surface area contributed by atoms with Crippen LogP contribution in [0, 0.1) is 0 Å². The molecule has 0 amide bonds. The van der Waals surface area contributed by atoms with Gasteiger partial charge in [-0.25, -0.2) is 4.79 Å². The molecule has 0 radical (unpaired) electrons. The van der Waals surface area contributed by atoms with E-state index >= 15 is 0 Å². The molecule has 0 heterocycles. The number of rotatable bonds is 4. The Kier molecular flexibility index (Phi) is 4.11. The summed E-state index contributed by atoms with van der Waals surface area (Å²) >= 11 is 0. The first-order chi connectivity index (χ1) is 7.86. The Hall–Kier alpha value is -1.57. The molecule has 92 valence electrons. The lowest BCUT2D eigenvalue weighted by Gasteiger charge is -2.25. The van der Waals surface area contributed by atoms with Crippen LogP contribution in [0.1, 0.15) is 43.6 Å². The highest BCUT2D eigenvalue weighted by Crippen LogP contribution is 2.20. The molecule has 2 heteroatoms. The second-order valence-corrected chi connectivity index (χ2v) is 4.73. The van der Waals surface area contributed by atoms with E-state index in [2.05, 4.69) is 13.5 Å². The largest absolute Gasteiger partial charge is 0.452 e. The van der Waals surface area contributed by atoms with Crippen molar-refractivity contribution in [2.75, 3.05) is 0 Å². The second kappa shape index (κ2) is 5.17. The van der Waals surface area contributed by atoms with Gasteiger partial charge >= 0.3 is 5.97 Å². The second-order valence-electron chi connectivity index (χ2n) is 4.73. The van der Waals surface area contributed by atoms with Crippen LogP contribution in [-0.4, -0.2) is 11.6 Å². The van der Waals surface area contributed by atoms with Gasteiger partial charge in [0.05, 0.1) is 5.56 Å². The van der Waals surface area contributed by atoms with Crippen LogP contribution in [0.2, 0.25) is 0 Å². The first-order valence-corrected chi connectivity index (χ1v) is 5.85. The normalized spacial score (nSPS) is 11.1. The van der Waals surface area contributed by atoms with Crippen molar-refractivity contribution in [3.05, 3.63) is 47.5 Å². The minimum atomic E-state index is -0.624. The van der Waals surface area contributed by atoms with E-state index in [0.29, 0.717) is 5.56 Å². The Bertz CT molecular complexity index is 413. The fourth-order valence-electron chi connectivity index (χ4n) is 1.25. The zero-order chi connectivity index (χ0) is 13.1.